The van der Waals surface area contributed by atoms with Crippen LogP contribution in [0.4, 0.5) is 4.39 Å². The Morgan fingerprint density at radius 1 is 0.920 bits per heavy atom. The predicted octanol–water partition coefficient (Wildman–Crippen LogP) is 5.97. The van der Waals surface area contributed by atoms with Crippen LogP contribution >= 0.6 is 0 Å². The fourth-order valence-corrected chi connectivity index (χ4v) is 2.68. The largest absolute Gasteiger partial charge is 0.491 e. The zero-order valence-corrected chi connectivity index (χ0v) is 15.4. The van der Waals surface area contributed by atoms with Crippen LogP contribution in [0.3, 0.4) is 0 Å². The third-order valence-electron chi connectivity index (χ3n) is 4.22. The average Bonchev–Trinajstić information content (AvgIpc) is 2.63. The maximum Gasteiger partial charge on any atom is 0.165 e. The van der Waals surface area contributed by atoms with Gasteiger partial charge in [0.25, 0.3) is 0 Å². The van der Waals surface area contributed by atoms with Gasteiger partial charge in [-0.1, -0.05) is 46.0 Å². The second-order valence-corrected chi connectivity index (χ2v) is 6.43. The first-order chi connectivity index (χ1) is 12.2. The lowest BCUT2D eigenvalue weighted by Crippen LogP contribution is -2.00. The van der Waals surface area contributed by atoms with Crippen molar-refractivity contribution in [3.63, 3.8) is 0 Å². The van der Waals surface area contributed by atoms with Crippen LogP contribution < -0.4 is 4.74 Å². The van der Waals surface area contributed by atoms with Crippen molar-refractivity contribution in [1.82, 2.24) is 9.97 Å². The first kappa shape index (κ1) is 19.4. The van der Waals surface area contributed by atoms with Crippen LogP contribution in [0.1, 0.15) is 64.4 Å². The molecule has 0 fully saturated rings. The smallest absolute Gasteiger partial charge is 0.165 e. The molecule has 3 nitrogen and oxygen atoms in total. The summed E-state index contributed by atoms with van der Waals surface area (Å²) in [5, 5.41) is 0. The fraction of sp³-hybridized carbons (Fsp3) is 0.524. The van der Waals surface area contributed by atoms with E-state index in [9.17, 15) is 4.39 Å². The van der Waals surface area contributed by atoms with E-state index in [0.717, 1.165) is 31.2 Å². The van der Waals surface area contributed by atoms with E-state index in [2.05, 4.69) is 23.8 Å². The minimum Gasteiger partial charge on any atom is -0.491 e. The number of unbranched alkanes of at least 4 members (excludes halogenated alkanes) is 5. The number of hydrogen-bond donors (Lipinski definition) is 0. The Bertz CT molecular complexity index is 628. The molecule has 0 saturated carbocycles. The Labute approximate surface area is 150 Å². The van der Waals surface area contributed by atoms with Gasteiger partial charge >= 0.3 is 0 Å². The van der Waals surface area contributed by atoms with Gasteiger partial charge in [-0.25, -0.2) is 14.4 Å². The Balaban J connectivity index is 1.92. The topological polar surface area (TPSA) is 35.0 Å². The molecule has 0 bridgehead atoms. The predicted molar refractivity (Wildman–Crippen MR) is 100 cm³/mol. The summed E-state index contributed by atoms with van der Waals surface area (Å²) in [6, 6.07) is 4.94. The molecule has 25 heavy (non-hydrogen) atoms. The zero-order chi connectivity index (χ0) is 17.9. The van der Waals surface area contributed by atoms with Gasteiger partial charge in [-0.05, 0) is 43.0 Å². The number of rotatable bonds is 11. The molecule has 1 aromatic carbocycles. The van der Waals surface area contributed by atoms with Crippen molar-refractivity contribution in [2.24, 2.45) is 0 Å². The third-order valence-corrected chi connectivity index (χ3v) is 4.22. The molecule has 0 saturated heterocycles. The van der Waals surface area contributed by atoms with Crippen LogP contribution in [0.2, 0.25) is 0 Å². The maximum absolute atomic E-state index is 14.2. The fourth-order valence-electron chi connectivity index (χ4n) is 2.68. The molecule has 0 unspecified atom stereocenters. The van der Waals surface area contributed by atoms with Crippen LogP contribution in [0.5, 0.6) is 5.75 Å². The summed E-state index contributed by atoms with van der Waals surface area (Å²) in [4.78, 5) is 8.75. The highest BCUT2D eigenvalue weighted by Gasteiger charge is 2.08. The molecule has 0 amide bonds. The van der Waals surface area contributed by atoms with Crippen LogP contribution in [-0.2, 0) is 6.42 Å². The van der Waals surface area contributed by atoms with E-state index in [1.807, 2.05) is 18.5 Å². The molecule has 1 heterocycles. The maximum atomic E-state index is 14.2. The number of ether oxygens (including phenoxy) is 1. The molecule has 2 rings (SSSR count). The molecule has 0 aliphatic rings. The Morgan fingerprint density at radius 3 is 2.32 bits per heavy atom. The van der Waals surface area contributed by atoms with Gasteiger partial charge < -0.3 is 4.74 Å². The summed E-state index contributed by atoms with van der Waals surface area (Å²) in [5.41, 5.74) is 1.81. The standard InChI is InChI=1S/C21H29FN2O/c1-3-5-7-9-13-25-20-12-11-18(14-19(20)22)21-23-15-17(16-24-21)10-8-6-4-2/h11-12,14-16H,3-10,13H2,1-2H3. The van der Waals surface area contributed by atoms with Crippen molar-refractivity contribution in [3.8, 4) is 17.1 Å². The quantitative estimate of drug-likeness (QED) is 0.471. The molecule has 2 aromatic rings. The van der Waals surface area contributed by atoms with Crippen LogP contribution in [0.25, 0.3) is 11.4 Å². The van der Waals surface area contributed by atoms with E-state index in [-0.39, 0.29) is 5.82 Å². The molecule has 0 aliphatic heterocycles. The number of benzene rings is 1. The summed E-state index contributed by atoms with van der Waals surface area (Å²) >= 11 is 0. The van der Waals surface area contributed by atoms with E-state index in [1.165, 1.54) is 31.7 Å². The molecule has 136 valence electrons. The van der Waals surface area contributed by atoms with Crippen molar-refractivity contribution < 1.29 is 9.13 Å². The van der Waals surface area contributed by atoms with Gasteiger partial charge in [-0.15, -0.1) is 0 Å². The van der Waals surface area contributed by atoms with Gasteiger partial charge in [0.1, 0.15) is 0 Å². The number of aromatic nitrogens is 2. The zero-order valence-electron chi connectivity index (χ0n) is 15.4. The van der Waals surface area contributed by atoms with E-state index in [0.29, 0.717) is 23.7 Å². The summed E-state index contributed by atoms with van der Waals surface area (Å²) < 4.78 is 19.7. The van der Waals surface area contributed by atoms with Crippen molar-refractivity contribution in [2.75, 3.05) is 6.61 Å². The highest BCUT2D eigenvalue weighted by Crippen LogP contribution is 2.24. The molecule has 0 atom stereocenters. The number of halogens is 1. The Kier molecular flexibility index (Phi) is 8.36. The summed E-state index contributed by atoms with van der Waals surface area (Å²) in [5.74, 6) is 0.493. The average molecular weight is 344 g/mol. The van der Waals surface area contributed by atoms with Crippen LogP contribution in [0, 0.1) is 5.82 Å². The van der Waals surface area contributed by atoms with Crippen molar-refractivity contribution in [3.05, 3.63) is 42.0 Å². The van der Waals surface area contributed by atoms with E-state index in [4.69, 9.17) is 4.74 Å². The van der Waals surface area contributed by atoms with E-state index >= 15 is 0 Å². The second-order valence-electron chi connectivity index (χ2n) is 6.43. The molecule has 1 aromatic heterocycles. The molecular weight excluding hydrogens is 315 g/mol. The van der Waals surface area contributed by atoms with E-state index < -0.39 is 0 Å². The van der Waals surface area contributed by atoms with Crippen molar-refractivity contribution in [1.29, 1.82) is 0 Å². The lowest BCUT2D eigenvalue weighted by molar-refractivity contribution is 0.290. The van der Waals surface area contributed by atoms with Gasteiger partial charge in [0.05, 0.1) is 6.61 Å². The lowest BCUT2D eigenvalue weighted by Gasteiger charge is -2.08. The summed E-state index contributed by atoms with van der Waals surface area (Å²) in [6.07, 6.45) is 12.7. The highest BCUT2D eigenvalue weighted by atomic mass is 19.1. The minimum atomic E-state index is -0.358. The minimum absolute atomic E-state index is 0.302. The molecule has 0 radical (unpaired) electrons. The molecule has 0 N–H and O–H groups in total. The Hall–Kier alpha value is -1.97. The third kappa shape index (κ3) is 6.45. The molecule has 0 aliphatic carbocycles. The molecule has 0 spiro atoms. The summed E-state index contributed by atoms with van der Waals surface area (Å²) in [7, 11) is 0. The van der Waals surface area contributed by atoms with Gasteiger partial charge in [0, 0.05) is 18.0 Å². The van der Waals surface area contributed by atoms with Crippen LogP contribution in [-0.4, -0.2) is 16.6 Å². The number of hydrogen-bond acceptors (Lipinski definition) is 3. The highest BCUT2D eigenvalue weighted by molar-refractivity contribution is 5.56. The van der Waals surface area contributed by atoms with E-state index in [1.54, 1.807) is 6.07 Å². The first-order valence-electron chi connectivity index (χ1n) is 9.48. The second kappa shape index (κ2) is 10.8. The van der Waals surface area contributed by atoms with Crippen molar-refractivity contribution in [2.45, 2.75) is 65.2 Å². The van der Waals surface area contributed by atoms with Gasteiger partial charge in [-0.3, -0.25) is 0 Å². The Morgan fingerprint density at radius 2 is 1.64 bits per heavy atom. The molecular formula is C21H29FN2O. The first-order valence-corrected chi connectivity index (χ1v) is 9.48. The van der Waals surface area contributed by atoms with Gasteiger partial charge in [0.15, 0.2) is 17.4 Å². The normalized spacial score (nSPS) is 10.8. The monoisotopic (exact) mass is 344 g/mol. The van der Waals surface area contributed by atoms with Gasteiger partial charge in [-0.2, -0.15) is 0 Å². The van der Waals surface area contributed by atoms with Crippen molar-refractivity contribution >= 4 is 0 Å². The number of nitrogens with zero attached hydrogens (tertiary/aromatic N) is 2. The lowest BCUT2D eigenvalue weighted by atomic mass is 10.1. The van der Waals surface area contributed by atoms with Crippen LogP contribution in [0.15, 0.2) is 30.6 Å². The SMILES string of the molecule is CCCCCCOc1ccc(-c2ncc(CCCCC)cn2)cc1F. The van der Waals surface area contributed by atoms with Gasteiger partial charge in [0.2, 0.25) is 0 Å². The number of aryl methyl sites for hydroxylation is 1. The summed E-state index contributed by atoms with van der Waals surface area (Å²) in [6.45, 7) is 4.91. The molecule has 4 heteroatoms.